The van der Waals surface area contributed by atoms with E-state index in [2.05, 4.69) is 28.7 Å². The summed E-state index contributed by atoms with van der Waals surface area (Å²) in [6.45, 7) is 5.46. The standard InChI is InChI=1S/C16H24N2OS/c1-13-4-2-3-8-18(13)15-10-17(11-15)16(19)6-5-14-7-9-20-12-14/h7,9,12-13,15H,2-6,8,10-11H2,1H3. The molecular formula is C16H24N2OS. The summed E-state index contributed by atoms with van der Waals surface area (Å²) in [6, 6.07) is 3.44. The van der Waals surface area contributed by atoms with Gasteiger partial charge in [-0.05, 0) is 55.1 Å². The van der Waals surface area contributed by atoms with E-state index in [1.165, 1.54) is 31.4 Å². The predicted molar refractivity (Wildman–Crippen MR) is 83.0 cm³/mol. The number of hydrogen-bond acceptors (Lipinski definition) is 3. The Morgan fingerprint density at radius 3 is 2.95 bits per heavy atom. The summed E-state index contributed by atoms with van der Waals surface area (Å²) in [5.41, 5.74) is 1.30. The molecule has 1 atom stereocenters. The van der Waals surface area contributed by atoms with Crippen LogP contribution in [-0.4, -0.2) is 47.4 Å². The van der Waals surface area contributed by atoms with E-state index < -0.39 is 0 Å². The van der Waals surface area contributed by atoms with Gasteiger partial charge in [-0.3, -0.25) is 9.69 Å². The Bertz CT molecular complexity index is 439. The highest BCUT2D eigenvalue weighted by atomic mass is 32.1. The minimum absolute atomic E-state index is 0.331. The summed E-state index contributed by atoms with van der Waals surface area (Å²) >= 11 is 1.71. The Kier molecular flexibility index (Phi) is 4.41. The van der Waals surface area contributed by atoms with Crippen LogP contribution < -0.4 is 0 Å². The zero-order chi connectivity index (χ0) is 13.9. The van der Waals surface area contributed by atoms with Crippen molar-refractivity contribution in [1.29, 1.82) is 0 Å². The van der Waals surface area contributed by atoms with Crippen LogP contribution in [0.15, 0.2) is 16.8 Å². The smallest absolute Gasteiger partial charge is 0.223 e. The number of thiophene rings is 1. The second-order valence-corrected chi connectivity index (χ2v) is 6.95. The zero-order valence-electron chi connectivity index (χ0n) is 12.3. The minimum atomic E-state index is 0.331. The monoisotopic (exact) mass is 292 g/mol. The highest BCUT2D eigenvalue weighted by Gasteiger charge is 2.36. The highest BCUT2D eigenvalue weighted by molar-refractivity contribution is 7.07. The number of hydrogen-bond donors (Lipinski definition) is 0. The Hall–Kier alpha value is -0.870. The van der Waals surface area contributed by atoms with Crippen LogP contribution in [0.1, 0.15) is 38.2 Å². The summed E-state index contributed by atoms with van der Waals surface area (Å²) in [6.07, 6.45) is 5.58. The van der Waals surface area contributed by atoms with Gasteiger partial charge in [0.1, 0.15) is 0 Å². The van der Waals surface area contributed by atoms with Crippen molar-refractivity contribution in [2.24, 2.45) is 0 Å². The molecule has 2 fully saturated rings. The molecule has 0 radical (unpaired) electrons. The van der Waals surface area contributed by atoms with Gasteiger partial charge >= 0.3 is 0 Å². The molecule has 110 valence electrons. The van der Waals surface area contributed by atoms with E-state index in [1.54, 1.807) is 11.3 Å². The van der Waals surface area contributed by atoms with E-state index >= 15 is 0 Å². The third kappa shape index (κ3) is 3.07. The van der Waals surface area contributed by atoms with E-state index in [1.807, 2.05) is 4.90 Å². The number of piperidine rings is 1. The van der Waals surface area contributed by atoms with Crippen molar-refractivity contribution < 1.29 is 4.79 Å². The van der Waals surface area contributed by atoms with Crippen molar-refractivity contribution in [3.8, 4) is 0 Å². The first-order valence-corrected chi connectivity index (χ1v) is 8.73. The maximum atomic E-state index is 12.1. The third-order valence-corrected chi connectivity index (χ3v) is 5.48. The van der Waals surface area contributed by atoms with E-state index in [0.29, 0.717) is 24.4 Å². The fourth-order valence-corrected chi connectivity index (χ4v) is 4.08. The van der Waals surface area contributed by atoms with Crippen LogP contribution >= 0.6 is 11.3 Å². The average Bonchev–Trinajstić information content (AvgIpc) is 2.90. The molecular weight excluding hydrogens is 268 g/mol. The number of aryl methyl sites for hydroxylation is 1. The molecule has 1 aromatic heterocycles. The lowest BCUT2D eigenvalue weighted by Gasteiger charge is -2.49. The number of rotatable bonds is 4. The van der Waals surface area contributed by atoms with Crippen LogP contribution in [0.4, 0.5) is 0 Å². The van der Waals surface area contributed by atoms with Gasteiger partial charge in [0.15, 0.2) is 0 Å². The summed E-state index contributed by atoms with van der Waals surface area (Å²) in [7, 11) is 0. The fraction of sp³-hybridized carbons (Fsp3) is 0.688. The summed E-state index contributed by atoms with van der Waals surface area (Å²) in [5.74, 6) is 0.331. The topological polar surface area (TPSA) is 23.6 Å². The molecule has 0 spiro atoms. The lowest BCUT2D eigenvalue weighted by atomic mass is 9.97. The van der Waals surface area contributed by atoms with Gasteiger partial charge < -0.3 is 4.90 Å². The number of carbonyl (C=O) groups is 1. The van der Waals surface area contributed by atoms with Crippen molar-refractivity contribution in [1.82, 2.24) is 9.80 Å². The first kappa shape index (κ1) is 14.1. The average molecular weight is 292 g/mol. The van der Waals surface area contributed by atoms with E-state index in [9.17, 15) is 4.79 Å². The van der Waals surface area contributed by atoms with Crippen molar-refractivity contribution in [2.75, 3.05) is 19.6 Å². The quantitative estimate of drug-likeness (QED) is 0.852. The maximum Gasteiger partial charge on any atom is 0.223 e. The van der Waals surface area contributed by atoms with E-state index in [0.717, 1.165) is 19.5 Å². The molecule has 0 aromatic carbocycles. The number of likely N-dealkylation sites (tertiary alicyclic amines) is 2. The van der Waals surface area contributed by atoms with Crippen molar-refractivity contribution in [2.45, 2.75) is 51.1 Å². The van der Waals surface area contributed by atoms with Crippen LogP contribution in [0, 0.1) is 0 Å². The molecule has 1 amide bonds. The molecule has 2 saturated heterocycles. The highest BCUT2D eigenvalue weighted by Crippen LogP contribution is 2.25. The fourth-order valence-electron chi connectivity index (χ4n) is 3.38. The second-order valence-electron chi connectivity index (χ2n) is 6.17. The molecule has 0 aliphatic carbocycles. The maximum absolute atomic E-state index is 12.1. The molecule has 0 saturated carbocycles. The molecule has 1 aromatic rings. The molecule has 3 heterocycles. The number of amides is 1. The molecule has 4 heteroatoms. The Morgan fingerprint density at radius 2 is 2.25 bits per heavy atom. The largest absolute Gasteiger partial charge is 0.339 e. The van der Waals surface area contributed by atoms with Gasteiger partial charge in [0.2, 0.25) is 5.91 Å². The molecule has 0 N–H and O–H groups in total. The van der Waals surface area contributed by atoms with Gasteiger partial charge in [0, 0.05) is 31.6 Å². The van der Waals surface area contributed by atoms with Crippen molar-refractivity contribution in [3.05, 3.63) is 22.4 Å². The number of carbonyl (C=O) groups excluding carboxylic acids is 1. The van der Waals surface area contributed by atoms with Gasteiger partial charge in [0.05, 0.1) is 0 Å². The van der Waals surface area contributed by atoms with E-state index in [-0.39, 0.29) is 0 Å². The Morgan fingerprint density at radius 1 is 1.40 bits per heavy atom. The Balaban J connectivity index is 1.41. The lowest BCUT2D eigenvalue weighted by molar-refractivity contribution is -0.139. The minimum Gasteiger partial charge on any atom is -0.339 e. The second kappa shape index (κ2) is 6.27. The summed E-state index contributed by atoms with van der Waals surface area (Å²) < 4.78 is 0. The predicted octanol–water partition coefficient (Wildman–Crippen LogP) is 2.77. The molecule has 2 aliphatic heterocycles. The third-order valence-electron chi connectivity index (χ3n) is 4.75. The molecule has 1 unspecified atom stereocenters. The summed E-state index contributed by atoms with van der Waals surface area (Å²) in [4.78, 5) is 16.8. The van der Waals surface area contributed by atoms with Gasteiger partial charge in [-0.1, -0.05) is 6.42 Å². The van der Waals surface area contributed by atoms with E-state index in [4.69, 9.17) is 0 Å². The SMILES string of the molecule is CC1CCCCN1C1CN(C(=O)CCc2ccsc2)C1. The summed E-state index contributed by atoms with van der Waals surface area (Å²) in [5, 5.41) is 4.22. The zero-order valence-corrected chi connectivity index (χ0v) is 13.1. The first-order chi connectivity index (χ1) is 9.74. The molecule has 3 nitrogen and oxygen atoms in total. The van der Waals surface area contributed by atoms with Gasteiger partial charge in [0.25, 0.3) is 0 Å². The molecule has 0 bridgehead atoms. The normalized spacial score (nSPS) is 24.6. The van der Waals surface area contributed by atoms with Gasteiger partial charge in [-0.25, -0.2) is 0 Å². The molecule has 2 aliphatic rings. The van der Waals surface area contributed by atoms with Crippen LogP contribution in [0.3, 0.4) is 0 Å². The van der Waals surface area contributed by atoms with Crippen molar-refractivity contribution in [3.63, 3.8) is 0 Å². The van der Waals surface area contributed by atoms with Crippen LogP contribution in [0.5, 0.6) is 0 Å². The first-order valence-electron chi connectivity index (χ1n) is 7.78. The number of nitrogens with zero attached hydrogens (tertiary/aromatic N) is 2. The molecule has 20 heavy (non-hydrogen) atoms. The van der Waals surface area contributed by atoms with Crippen LogP contribution in [-0.2, 0) is 11.2 Å². The van der Waals surface area contributed by atoms with Gasteiger partial charge in [-0.15, -0.1) is 0 Å². The lowest BCUT2D eigenvalue weighted by Crippen LogP contribution is -2.63. The van der Waals surface area contributed by atoms with Crippen LogP contribution in [0.2, 0.25) is 0 Å². The van der Waals surface area contributed by atoms with Gasteiger partial charge in [-0.2, -0.15) is 11.3 Å². The van der Waals surface area contributed by atoms with Crippen LogP contribution in [0.25, 0.3) is 0 Å². The Labute approximate surface area is 125 Å². The van der Waals surface area contributed by atoms with Crippen molar-refractivity contribution >= 4 is 17.2 Å². The molecule has 3 rings (SSSR count).